The van der Waals surface area contributed by atoms with Crippen LogP contribution in [0.15, 0.2) is 69.1 Å². The Labute approximate surface area is 209 Å². The predicted molar refractivity (Wildman–Crippen MR) is 141 cm³/mol. The second-order valence-electron chi connectivity index (χ2n) is 8.96. The summed E-state index contributed by atoms with van der Waals surface area (Å²) >= 11 is 15.0. The molecule has 2 fully saturated rings. The Kier molecular flexibility index (Phi) is 7.83. The van der Waals surface area contributed by atoms with E-state index in [4.69, 9.17) is 11.1 Å². The fourth-order valence-electron chi connectivity index (χ4n) is 5.20. The van der Waals surface area contributed by atoms with E-state index in [1.165, 1.54) is 42.4 Å². The van der Waals surface area contributed by atoms with Gasteiger partial charge in [0.1, 0.15) is 0 Å². The van der Waals surface area contributed by atoms with Crippen LogP contribution in [0.25, 0.3) is 0 Å². The molecule has 0 amide bonds. The summed E-state index contributed by atoms with van der Waals surface area (Å²) in [4.78, 5) is 0. The smallest absolute Gasteiger partial charge is 0.291 e. The third-order valence-electron chi connectivity index (χ3n) is 6.90. The molecule has 1 aliphatic carbocycles. The van der Waals surface area contributed by atoms with Gasteiger partial charge in [-0.05, 0) is 62.1 Å². The van der Waals surface area contributed by atoms with Crippen LogP contribution in [0.4, 0.5) is 0 Å². The molecular formula is C25H31Br2ClN2Si. The zero-order valence-electron chi connectivity index (χ0n) is 18.3. The van der Waals surface area contributed by atoms with E-state index < -0.39 is 7.71 Å². The summed E-state index contributed by atoms with van der Waals surface area (Å²) in [5, 5.41) is 0. The van der Waals surface area contributed by atoms with E-state index in [0.717, 1.165) is 28.1 Å². The predicted octanol–water partition coefficient (Wildman–Crippen LogP) is 7.98. The molecule has 0 unspecified atom stereocenters. The molecule has 2 aromatic carbocycles. The highest BCUT2D eigenvalue weighted by Crippen LogP contribution is 2.46. The van der Waals surface area contributed by atoms with E-state index in [9.17, 15) is 0 Å². The molecule has 0 bridgehead atoms. The van der Waals surface area contributed by atoms with Gasteiger partial charge in [0.25, 0.3) is 0 Å². The summed E-state index contributed by atoms with van der Waals surface area (Å²) in [6.07, 6.45) is 7.39. The standard InChI is InChI=1S/C25H31Br2ClN2Si/c1-3-19(2)18-31(28)29(16-20-8-12-22(26)13-9-20)24-6-4-5-7-25(24)30(31)17-21-10-14-23(27)15-11-21/h3,8-15,24-25H,4-7,16-18H2,1-2H3/b19-3-/t24-,25-/m0/s1. The second kappa shape index (κ2) is 10.2. The topological polar surface area (TPSA) is 6.48 Å². The summed E-state index contributed by atoms with van der Waals surface area (Å²) in [6.45, 7) is 6.27. The van der Waals surface area contributed by atoms with E-state index in [-0.39, 0.29) is 0 Å². The maximum Gasteiger partial charge on any atom is 0.312 e. The first-order chi connectivity index (χ1) is 14.9. The monoisotopic (exact) mass is 580 g/mol. The van der Waals surface area contributed by atoms with Crippen molar-refractivity contribution in [2.45, 2.75) is 70.7 Å². The van der Waals surface area contributed by atoms with Gasteiger partial charge in [-0.25, -0.2) is 0 Å². The van der Waals surface area contributed by atoms with Crippen molar-refractivity contribution in [3.63, 3.8) is 0 Å². The fraction of sp³-hybridized carbons (Fsp3) is 0.440. The van der Waals surface area contributed by atoms with Crippen molar-refractivity contribution in [1.29, 1.82) is 0 Å². The first-order valence-electron chi connectivity index (χ1n) is 11.2. The number of hydrogen-bond donors (Lipinski definition) is 0. The molecule has 2 aromatic rings. The third-order valence-corrected chi connectivity index (χ3v) is 13.4. The van der Waals surface area contributed by atoms with Crippen LogP contribution in [-0.2, 0) is 13.1 Å². The van der Waals surface area contributed by atoms with Crippen LogP contribution in [0, 0.1) is 0 Å². The van der Waals surface area contributed by atoms with Crippen LogP contribution in [0.3, 0.4) is 0 Å². The van der Waals surface area contributed by atoms with Crippen molar-refractivity contribution in [2.75, 3.05) is 0 Å². The third kappa shape index (κ3) is 5.23. The first kappa shape index (κ1) is 23.7. The molecule has 1 saturated heterocycles. The number of rotatable bonds is 6. The van der Waals surface area contributed by atoms with Crippen molar-refractivity contribution >= 4 is 50.6 Å². The van der Waals surface area contributed by atoms with E-state index in [0.29, 0.717) is 12.1 Å². The summed E-state index contributed by atoms with van der Waals surface area (Å²) in [5.74, 6) is 0. The fourth-order valence-corrected chi connectivity index (χ4v) is 11.6. The van der Waals surface area contributed by atoms with Crippen LogP contribution in [-0.4, -0.2) is 28.9 Å². The molecule has 166 valence electrons. The number of nitrogens with zero attached hydrogens (tertiary/aromatic N) is 2. The number of allylic oxidation sites excluding steroid dienone is 2. The van der Waals surface area contributed by atoms with Crippen LogP contribution in [0.2, 0.25) is 6.04 Å². The lowest BCUT2D eigenvalue weighted by Crippen LogP contribution is -2.55. The molecule has 2 atom stereocenters. The van der Waals surface area contributed by atoms with Crippen molar-refractivity contribution < 1.29 is 0 Å². The van der Waals surface area contributed by atoms with Crippen LogP contribution < -0.4 is 0 Å². The van der Waals surface area contributed by atoms with Gasteiger partial charge in [-0.1, -0.05) is 80.6 Å². The number of hydrogen-bond acceptors (Lipinski definition) is 2. The minimum absolute atomic E-state index is 0.557. The summed E-state index contributed by atoms with van der Waals surface area (Å²) < 4.78 is 7.74. The number of fused-ring (bicyclic) bond motifs is 1. The Bertz CT molecular complexity index is 853. The molecule has 2 aliphatic rings. The summed E-state index contributed by atoms with van der Waals surface area (Å²) in [7, 11) is -2.40. The van der Waals surface area contributed by atoms with Gasteiger partial charge < -0.3 is 0 Å². The van der Waals surface area contributed by atoms with Gasteiger partial charge in [-0.3, -0.25) is 9.13 Å². The second-order valence-corrected chi connectivity index (χ2v) is 15.5. The van der Waals surface area contributed by atoms with Crippen molar-refractivity contribution in [3.05, 3.63) is 80.3 Å². The first-order valence-corrected chi connectivity index (χ1v) is 15.9. The zero-order valence-corrected chi connectivity index (χ0v) is 23.3. The molecule has 0 N–H and O–H groups in total. The summed E-state index contributed by atoms with van der Waals surface area (Å²) in [6, 6.07) is 19.7. The Morgan fingerprint density at radius 1 is 0.903 bits per heavy atom. The van der Waals surface area contributed by atoms with E-state index in [2.05, 4.69) is 109 Å². The van der Waals surface area contributed by atoms with Crippen molar-refractivity contribution in [1.82, 2.24) is 9.13 Å². The molecule has 6 heteroatoms. The Hall–Kier alpha value is -0.433. The quantitative estimate of drug-likeness (QED) is 0.194. The molecule has 1 saturated carbocycles. The van der Waals surface area contributed by atoms with Gasteiger partial charge in [0.2, 0.25) is 0 Å². The van der Waals surface area contributed by atoms with Gasteiger partial charge in [0.15, 0.2) is 0 Å². The molecule has 1 aliphatic heterocycles. The van der Waals surface area contributed by atoms with Crippen LogP contribution >= 0.6 is 42.9 Å². The molecule has 1 heterocycles. The Morgan fingerprint density at radius 2 is 1.32 bits per heavy atom. The van der Waals surface area contributed by atoms with E-state index in [1.807, 2.05) is 0 Å². The molecule has 2 nitrogen and oxygen atoms in total. The van der Waals surface area contributed by atoms with Gasteiger partial charge in [0, 0.05) is 40.2 Å². The maximum absolute atomic E-state index is 7.84. The average Bonchev–Trinajstić information content (AvgIpc) is 2.99. The van der Waals surface area contributed by atoms with Crippen LogP contribution in [0.1, 0.15) is 50.7 Å². The molecule has 0 spiro atoms. The van der Waals surface area contributed by atoms with E-state index >= 15 is 0 Å². The normalized spacial score (nSPS) is 24.4. The minimum atomic E-state index is -2.40. The van der Waals surface area contributed by atoms with E-state index in [1.54, 1.807) is 0 Å². The summed E-state index contributed by atoms with van der Waals surface area (Å²) in [5.41, 5.74) is 4.12. The molecule has 0 aromatic heterocycles. The van der Waals surface area contributed by atoms with Gasteiger partial charge in [-0.2, -0.15) is 0 Å². The van der Waals surface area contributed by atoms with Gasteiger partial charge in [-0.15, -0.1) is 11.1 Å². The van der Waals surface area contributed by atoms with Crippen molar-refractivity contribution in [3.8, 4) is 0 Å². The maximum atomic E-state index is 7.84. The zero-order chi connectivity index (χ0) is 22.0. The van der Waals surface area contributed by atoms with Crippen molar-refractivity contribution in [2.24, 2.45) is 0 Å². The molecule has 0 radical (unpaired) electrons. The van der Waals surface area contributed by atoms with Gasteiger partial charge in [0.05, 0.1) is 0 Å². The molecule has 4 rings (SSSR count). The Morgan fingerprint density at radius 3 is 1.71 bits per heavy atom. The lowest BCUT2D eigenvalue weighted by atomic mass is 9.90. The lowest BCUT2D eigenvalue weighted by molar-refractivity contribution is 0.197. The molecule has 31 heavy (non-hydrogen) atoms. The highest BCUT2D eigenvalue weighted by atomic mass is 79.9. The SMILES string of the molecule is C/C=C(/C)C[Si]1(Cl)N(Cc2ccc(Br)cc2)[C@H]2CCCC[C@@H]2N1Cc1ccc(Br)cc1. The minimum Gasteiger partial charge on any atom is -0.291 e. The number of halogens is 3. The number of benzene rings is 2. The van der Waals surface area contributed by atoms with Gasteiger partial charge >= 0.3 is 7.71 Å². The average molecular weight is 583 g/mol. The largest absolute Gasteiger partial charge is 0.312 e. The molecular weight excluding hydrogens is 552 g/mol. The highest BCUT2D eigenvalue weighted by molar-refractivity contribution is 9.10. The lowest BCUT2D eigenvalue weighted by Gasteiger charge is -2.38. The van der Waals surface area contributed by atoms with Crippen LogP contribution in [0.5, 0.6) is 0 Å². The Balaban J connectivity index is 1.71. The highest BCUT2D eigenvalue weighted by Gasteiger charge is 2.58.